The summed E-state index contributed by atoms with van der Waals surface area (Å²) in [6.07, 6.45) is 12.8. The molecule has 2 fully saturated rings. The third-order valence-electron chi connectivity index (χ3n) is 8.23. The Kier molecular flexibility index (Phi) is 6.77. The number of likely N-dealkylation sites (tertiary alicyclic amines) is 1. The van der Waals surface area contributed by atoms with Crippen LogP contribution < -0.4 is 4.74 Å². The van der Waals surface area contributed by atoms with Crippen molar-refractivity contribution in [3.63, 3.8) is 0 Å². The molecule has 3 aromatic heterocycles. The van der Waals surface area contributed by atoms with Crippen LogP contribution in [0.25, 0.3) is 21.9 Å². The zero-order chi connectivity index (χ0) is 25.2. The molecule has 7 heteroatoms. The van der Waals surface area contributed by atoms with Crippen LogP contribution in [0.3, 0.4) is 0 Å². The van der Waals surface area contributed by atoms with Crippen LogP contribution in [0.1, 0.15) is 56.4 Å². The van der Waals surface area contributed by atoms with E-state index >= 15 is 0 Å². The number of aromatic nitrogens is 3. The van der Waals surface area contributed by atoms with E-state index < -0.39 is 0 Å². The van der Waals surface area contributed by atoms with Gasteiger partial charge in [0.15, 0.2) is 5.65 Å². The predicted molar refractivity (Wildman–Crippen MR) is 142 cm³/mol. The molecule has 4 heterocycles. The van der Waals surface area contributed by atoms with Crippen LogP contribution in [-0.2, 0) is 4.79 Å². The number of benzene rings is 1. The largest absolute Gasteiger partial charge is 0.493 e. The molecule has 1 saturated heterocycles. The normalized spacial score (nSPS) is 22.4. The average Bonchev–Trinajstić information content (AvgIpc) is 3.38. The summed E-state index contributed by atoms with van der Waals surface area (Å²) in [6, 6.07) is 10.3. The van der Waals surface area contributed by atoms with Gasteiger partial charge in [0.1, 0.15) is 11.6 Å². The van der Waals surface area contributed by atoms with Gasteiger partial charge in [-0.05, 0) is 86.3 Å². The van der Waals surface area contributed by atoms with Gasteiger partial charge in [0.05, 0.1) is 18.3 Å². The van der Waals surface area contributed by atoms with Crippen molar-refractivity contribution in [2.75, 3.05) is 19.7 Å². The lowest BCUT2D eigenvalue weighted by atomic mass is 9.77. The maximum Gasteiger partial charge on any atom is 0.222 e. The van der Waals surface area contributed by atoms with E-state index in [9.17, 15) is 9.18 Å². The van der Waals surface area contributed by atoms with E-state index in [1.54, 1.807) is 12.1 Å². The van der Waals surface area contributed by atoms with Gasteiger partial charge in [0, 0.05) is 48.6 Å². The number of fused-ring (bicyclic) bond motifs is 3. The summed E-state index contributed by atoms with van der Waals surface area (Å²) < 4.78 is 19.0. The molecule has 1 aliphatic heterocycles. The van der Waals surface area contributed by atoms with E-state index in [0.29, 0.717) is 36.5 Å². The molecule has 1 aromatic carbocycles. The second-order valence-electron chi connectivity index (χ2n) is 10.7. The Hall–Kier alpha value is -3.48. The number of aromatic amines is 1. The topological polar surface area (TPSA) is 71.1 Å². The Morgan fingerprint density at radius 3 is 2.68 bits per heavy atom. The van der Waals surface area contributed by atoms with Crippen molar-refractivity contribution >= 4 is 27.8 Å². The maximum atomic E-state index is 13.2. The number of halogens is 1. The van der Waals surface area contributed by atoms with Gasteiger partial charge >= 0.3 is 0 Å². The SMILES string of the molecule is O=C(CC1CCC(c2cnc3ncc4[nH]cccc4c23)CC1)N1CCCC(COc2ccc(F)cc2)C1. The Morgan fingerprint density at radius 1 is 1.03 bits per heavy atom. The fourth-order valence-electron chi connectivity index (χ4n) is 6.20. The zero-order valence-electron chi connectivity index (χ0n) is 21.0. The number of nitrogens with one attached hydrogen (secondary N) is 1. The predicted octanol–water partition coefficient (Wildman–Crippen LogP) is 6.23. The third-order valence-corrected chi connectivity index (χ3v) is 8.23. The lowest BCUT2D eigenvalue weighted by Crippen LogP contribution is -2.42. The number of ether oxygens (including phenoxy) is 1. The van der Waals surface area contributed by atoms with Crippen LogP contribution in [0, 0.1) is 17.7 Å². The number of amides is 1. The highest BCUT2D eigenvalue weighted by Gasteiger charge is 2.30. The van der Waals surface area contributed by atoms with Crippen LogP contribution in [0.5, 0.6) is 5.75 Å². The summed E-state index contributed by atoms with van der Waals surface area (Å²) in [5, 5.41) is 2.36. The fraction of sp³-hybridized carbons (Fsp3) is 0.433. The monoisotopic (exact) mass is 500 g/mol. The highest BCUT2D eigenvalue weighted by Crippen LogP contribution is 2.41. The lowest BCUT2D eigenvalue weighted by molar-refractivity contribution is -0.134. The van der Waals surface area contributed by atoms with Crippen molar-refractivity contribution in [2.24, 2.45) is 11.8 Å². The Bertz CT molecular complexity index is 1380. The van der Waals surface area contributed by atoms with Crippen molar-refractivity contribution in [3.05, 3.63) is 66.4 Å². The molecule has 37 heavy (non-hydrogen) atoms. The first-order valence-electron chi connectivity index (χ1n) is 13.5. The Labute approximate surface area is 216 Å². The number of hydrogen-bond acceptors (Lipinski definition) is 4. The Morgan fingerprint density at radius 2 is 1.84 bits per heavy atom. The highest BCUT2D eigenvalue weighted by atomic mass is 19.1. The number of carbonyl (C=O) groups excluding carboxylic acids is 1. The Balaban J connectivity index is 1.03. The van der Waals surface area contributed by atoms with E-state index in [1.165, 1.54) is 28.5 Å². The van der Waals surface area contributed by atoms with Gasteiger partial charge < -0.3 is 14.6 Å². The molecule has 192 valence electrons. The lowest BCUT2D eigenvalue weighted by Gasteiger charge is -2.35. The molecular formula is C30H33FN4O2. The summed E-state index contributed by atoms with van der Waals surface area (Å²) in [7, 11) is 0. The van der Waals surface area contributed by atoms with Crippen molar-refractivity contribution in [1.82, 2.24) is 19.9 Å². The van der Waals surface area contributed by atoms with Crippen LogP contribution in [0.4, 0.5) is 4.39 Å². The summed E-state index contributed by atoms with van der Waals surface area (Å²) >= 11 is 0. The quantitative estimate of drug-likeness (QED) is 0.341. The first-order chi connectivity index (χ1) is 18.1. The number of rotatable bonds is 6. The van der Waals surface area contributed by atoms with Gasteiger partial charge in [-0.3, -0.25) is 4.79 Å². The van der Waals surface area contributed by atoms with Gasteiger partial charge in [0.2, 0.25) is 5.91 Å². The van der Waals surface area contributed by atoms with E-state index in [2.05, 4.69) is 21.0 Å². The number of piperidine rings is 1. The molecule has 6 rings (SSSR count). The molecule has 0 spiro atoms. The van der Waals surface area contributed by atoms with Crippen molar-refractivity contribution in [2.45, 2.75) is 50.9 Å². The smallest absolute Gasteiger partial charge is 0.222 e. The minimum atomic E-state index is -0.264. The average molecular weight is 501 g/mol. The fourth-order valence-corrected chi connectivity index (χ4v) is 6.20. The summed E-state index contributed by atoms with van der Waals surface area (Å²) in [5.41, 5.74) is 3.16. The number of pyridine rings is 2. The first-order valence-corrected chi connectivity index (χ1v) is 13.5. The van der Waals surface area contributed by atoms with Gasteiger partial charge in [-0.25, -0.2) is 14.4 Å². The molecule has 1 aliphatic carbocycles. The highest BCUT2D eigenvalue weighted by molar-refractivity contribution is 6.05. The maximum absolute atomic E-state index is 13.2. The molecule has 0 bridgehead atoms. The van der Waals surface area contributed by atoms with Gasteiger partial charge in [-0.1, -0.05) is 6.07 Å². The molecule has 0 radical (unpaired) electrons. The van der Waals surface area contributed by atoms with Crippen LogP contribution in [0.2, 0.25) is 0 Å². The molecule has 6 nitrogen and oxygen atoms in total. The minimum absolute atomic E-state index is 0.264. The zero-order valence-corrected chi connectivity index (χ0v) is 21.0. The van der Waals surface area contributed by atoms with E-state index in [-0.39, 0.29) is 11.7 Å². The molecule has 1 unspecified atom stereocenters. The van der Waals surface area contributed by atoms with E-state index in [1.807, 2.05) is 29.6 Å². The van der Waals surface area contributed by atoms with Crippen molar-refractivity contribution in [3.8, 4) is 5.75 Å². The van der Waals surface area contributed by atoms with E-state index in [0.717, 1.165) is 62.8 Å². The molecule has 2 aliphatic rings. The van der Waals surface area contributed by atoms with Crippen LogP contribution >= 0.6 is 0 Å². The molecule has 1 atom stereocenters. The van der Waals surface area contributed by atoms with Gasteiger partial charge in [-0.2, -0.15) is 0 Å². The summed E-state index contributed by atoms with van der Waals surface area (Å²) in [5.74, 6) is 1.92. The van der Waals surface area contributed by atoms with Gasteiger partial charge in [-0.15, -0.1) is 0 Å². The van der Waals surface area contributed by atoms with Crippen molar-refractivity contribution in [1.29, 1.82) is 0 Å². The van der Waals surface area contributed by atoms with Gasteiger partial charge in [0.25, 0.3) is 0 Å². The second kappa shape index (κ2) is 10.5. The molecular weight excluding hydrogens is 467 g/mol. The minimum Gasteiger partial charge on any atom is -0.493 e. The first kappa shape index (κ1) is 23.9. The molecule has 1 N–H and O–H groups in total. The van der Waals surface area contributed by atoms with Crippen LogP contribution in [0.15, 0.2) is 55.0 Å². The molecule has 1 amide bonds. The van der Waals surface area contributed by atoms with E-state index in [4.69, 9.17) is 4.74 Å². The standard InChI is InChI=1S/C30H33FN4O2/c31-23-9-11-24(12-10-23)37-19-21-3-2-14-35(18-21)28(36)15-20-5-7-22(8-6-20)26-16-33-30-29(26)25-4-1-13-32-27(25)17-34-30/h1,4,9-13,16-17,20-22,32H,2-3,5-8,14-15,18-19H2. The third kappa shape index (κ3) is 5.17. The molecule has 4 aromatic rings. The van der Waals surface area contributed by atoms with Crippen LogP contribution in [-0.4, -0.2) is 45.5 Å². The summed E-state index contributed by atoms with van der Waals surface area (Å²) in [6.45, 7) is 2.14. The second-order valence-corrected chi connectivity index (χ2v) is 10.7. The number of hydrogen-bond donors (Lipinski definition) is 1. The number of nitrogens with zero attached hydrogens (tertiary/aromatic N) is 3. The number of H-pyrrole nitrogens is 1. The summed E-state index contributed by atoms with van der Waals surface area (Å²) in [4.78, 5) is 27.7. The number of carbonyl (C=O) groups is 1. The van der Waals surface area contributed by atoms with Crippen molar-refractivity contribution < 1.29 is 13.9 Å². The molecule has 1 saturated carbocycles.